The average molecular weight is 299 g/mol. The first-order valence-electron chi connectivity index (χ1n) is 6.54. The van der Waals surface area contributed by atoms with E-state index < -0.39 is 5.97 Å². The molecule has 0 aliphatic carbocycles. The number of fused-ring (bicyclic) bond motifs is 1. The highest BCUT2D eigenvalue weighted by Crippen LogP contribution is 2.15. The van der Waals surface area contributed by atoms with Gasteiger partial charge in [0.25, 0.3) is 0 Å². The standard InChI is InChI=1S/C15H13N3O2S/c1-2-20-15(19)11-9-16-18(14(11)21)13-8-7-10-5-3-4-6-12(10)17-13/h3-9,16H,2H2,1H3. The van der Waals surface area contributed by atoms with Crippen molar-refractivity contribution < 1.29 is 9.53 Å². The number of nitrogens with one attached hydrogen (secondary N) is 1. The van der Waals surface area contributed by atoms with Gasteiger partial charge in [0.2, 0.25) is 0 Å². The Balaban J connectivity index is 2.07. The van der Waals surface area contributed by atoms with E-state index in [1.165, 1.54) is 6.20 Å². The molecule has 3 aromatic rings. The highest BCUT2D eigenvalue weighted by molar-refractivity contribution is 7.71. The molecular weight excluding hydrogens is 286 g/mol. The second kappa shape index (κ2) is 5.49. The van der Waals surface area contributed by atoms with Crippen LogP contribution in [0, 0.1) is 4.64 Å². The molecule has 2 heterocycles. The van der Waals surface area contributed by atoms with Crippen LogP contribution in [-0.2, 0) is 4.74 Å². The van der Waals surface area contributed by atoms with Gasteiger partial charge in [-0.3, -0.25) is 5.10 Å². The van der Waals surface area contributed by atoms with Crippen molar-refractivity contribution in [1.29, 1.82) is 0 Å². The highest BCUT2D eigenvalue weighted by Gasteiger charge is 2.14. The molecule has 106 valence electrons. The second-order valence-corrected chi connectivity index (χ2v) is 4.80. The van der Waals surface area contributed by atoms with Crippen LogP contribution in [-0.4, -0.2) is 27.3 Å². The Labute approximate surface area is 126 Å². The summed E-state index contributed by atoms with van der Waals surface area (Å²) in [5.41, 5.74) is 1.20. The first kappa shape index (κ1) is 13.5. The van der Waals surface area contributed by atoms with E-state index in [0.29, 0.717) is 22.6 Å². The summed E-state index contributed by atoms with van der Waals surface area (Å²) >= 11 is 5.31. The molecule has 0 atom stereocenters. The summed E-state index contributed by atoms with van der Waals surface area (Å²) in [7, 11) is 0. The number of benzene rings is 1. The van der Waals surface area contributed by atoms with E-state index in [4.69, 9.17) is 17.0 Å². The lowest BCUT2D eigenvalue weighted by atomic mass is 10.2. The quantitative estimate of drug-likeness (QED) is 0.595. The van der Waals surface area contributed by atoms with Gasteiger partial charge in [0, 0.05) is 11.6 Å². The van der Waals surface area contributed by atoms with Crippen LogP contribution in [0.15, 0.2) is 42.6 Å². The van der Waals surface area contributed by atoms with Crippen LogP contribution in [0.5, 0.6) is 0 Å². The smallest absolute Gasteiger partial charge is 0.342 e. The number of para-hydroxylation sites is 1. The van der Waals surface area contributed by atoms with E-state index >= 15 is 0 Å². The van der Waals surface area contributed by atoms with Crippen molar-refractivity contribution in [2.45, 2.75) is 6.92 Å². The maximum absolute atomic E-state index is 11.8. The predicted molar refractivity (Wildman–Crippen MR) is 82.2 cm³/mol. The molecule has 0 aliphatic heterocycles. The van der Waals surface area contributed by atoms with E-state index in [1.54, 1.807) is 11.6 Å². The van der Waals surface area contributed by atoms with E-state index in [1.807, 2.05) is 36.4 Å². The Morgan fingerprint density at radius 3 is 2.95 bits per heavy atom. The third kappa shape index (κ3) is 2.45. The van der Waals surface area contributed by atoms with Gasteiger partial charge in [0.1, 0.15) is 10.2 Å². The number of hydrogen-bond acceptors (Lipinski definition) is 4. The number of H-pyrrole nitrogens is 1. The summed E-state index contributed by atoms with van der Waals surface area (Å²) in [6, 6.07) is 11.6. The maximum atomic E-state index is 11.8. The number of hydrogen-bond donors (Lipinski definition) is 1. The predicted octanol–water partition coefficient (Wildman–Crippen LogP) is 3.26. The topological polar surface area (TPSA) is 59.9 Å². The zero-order chi connectivity index (χ0) is 14.8. The van der Waals surface area contributed by atoms with Crippen molar-refractivity contribution in [3.8, 4) is 5.82 Å². The van der Waals surface area contributed by atoms with Crippen LogP contribution in [0.1, 0.15) is 17.3 Å². The number of ether oxygens (including phenoxy) is 1. The zero-order valence-electron chi connectivity index (χ0n) is 11.4. The molecule has 0 fully saturated rings. The van der Waals surface area contributed by atoms with Crippen molar-refractivity contribution >= 4 is 29.1 Å². The number of esters is 1. The van der Waals surface area contributed by atoms with E-state index in [9.17, 15) is 4.79 Å². The largest absolute Gasteiger partial charge is 0.462 e. The maximum Gasteiger partial charge on any atom is 0.342 e. The van der Waals surface area contributed by atoms with E-state index in [2.05, 4.69) is 10.1 Å². The van der Waals surface area contributed by atoms with E-state index in [-0.39, 0.29) is 0 Å². The third-order valence-electron chi connectivity index (χ3n) is 3.08. The van der Waals surface area contributed by atoms with Crippen LogP contribution in [0.4, 0.5) is 0 Å². The van der Waals surface area contributed by atoms with Crippen LogP contribution in [0.3, 0.4) is 0 Å². The van der Waals surface area contributed by atoms with Gasteiger partial charge in [-0.25, -0.2) is 14.5 Å². The molecule has 0 saturated carbocycles. The fraction of sp³-hybridized carbons (Fsp3) is 0.133. The molecule has 0 saturated heterocycles. The number of pyridine rings is 1. The molecule has 0 radical (unpaired) electrons. The Morgan fingerprint density at radius 1 is 1.33 bits per heavy atom. The minimum absolute atomic E-state index is 0.313. The van der Waals surface area contributed by atoms with E-state index in [0.717, 1.165) is 10.9 Å². The molecule has 0 aliphatic rings. The summed E-state index contributed by atoms with van der Waals surface area (Å²) in [6.07, 6.45) is 1.54. The van der Waals surface area contributed by atoms with Crippen molar-refractivity contribution in [2.24, 2.45) is 0 Å². The fourth-order valence-corrected chi connectivity index (χ4v) is 2.36. The van der Waals surface area contributed by atoms with Crippen molar-refractivity contribution in [1.82, 2.24) is 14.8 Å². The van der Waals surface area contributed by atoms with Gasteiger partial charge in [0.05, 0.1) is 12.1 Å². The fourth-order valence-electron chi connectivity index (χ4n) is 2.07. The molecule has 2 aromatic heterocycles. The van der Waals surface area contributed by atoms with Gasteiger partial charge < -0.3 is 4.74 Å². The van der Waals surface area contributed by atoms with Crippen molar-refractivity contribution in [2.75, 3.05) is 6.61 Å². The summed E-state index contributed by atoms with van der Waals surface area (Å²) < 4.78 is 6.92. The third-order valence-corrected chi connectivity index (χ3v) is 3.48. The van der Waals surface area contributed by atoms with Gasteiger partial charge in [-0.1, -0.05) is 30.4 Å². The number of carbonyl (C=O) groups is 1. The van der Waals surface area contributed by atoms with Crippen LogP contribution in [0.25, 0.3) is 16.7 Å². The SMILES string of the molecule is CCOC(=O)c1c[nH]n(-c2ccc3ccccc3n2)c1=S. The molecule has 21 heavy (non-hydrogen) atoms. The molecule has 1 aromatic carbocycles. The minimum atomic E-state index is -0.432. The first-order chi connectivity index (χ1) is 10.2. The number of rotatable bonds is 3. The van der Waals surface area contributed by atoms with Crippen LogP contribution >= 0.6 is 12.2 Å². The Kier molecular flexibility index (Phi) is 3.53. The molecule has 3 rings (SSSR count). The molecule has 0 unspecified atom stereocenters. The minimum Gasteiger partial charge on any atom is -0.462 e. The van der Waals surface area contributed by atoms with Gasteiger partial charge in [0.15, 0.2) is 5.82 Å². The summed E-state index contributed by atoms with van der Waals surface area (Å²) in [4.78, 5) is 16.3. The lowest BCUT2D eigenvalue weighted by molar-refractivity contribution is 0.0525. The summed E-state index contributed by atoms with van der Waals surface area (Å²) in [6.45, 7) is 2.07. The highest BCUT2D eigenvalue weighted by atomic mass is 32.1. The molecular formula is C15H13N3O2S. The lowest BCUT2D eigenvalue weighted by Gasteiger charge is -2.03. The van der Waals surface area contributed by atoms with Gasteiger partial charge in [-0.15, -0.1) is 0 Å². The van der Waals surface area contributed by atoms with Crippen molar-refractivity contribution in [3.05, 3.63) is 52.8 Å². The number of aromatic nitrogens is 3. The Bertz CT molecular complexity index is 866. The second-order valence-electron chi connectivity index (χ2n) is 4.41. The number of aromatic amines is 1. The lowest BCUT2D eigenvalue weighted by Crippen LogP contribution is -2.05. The normalized spacial score (nSPS) is 10.7. The molecule has 0 bridgehead atoms. The van der Waals surface area contributed by atoms with Gasteiger partial charge in [-0.05, 0) is 25.1 Å². The van der Waals surface area contributed by atoms with Crippen LogP contribution in [0.2, 0.25) is 0 Å². The molecule has 0 spiro atoms. The molecule has 1 N–H and O–H groups in total. The summed E-state index contributed by atoms with van der Waals surface area (Å²) in [5.74, 6) is 0.201. The van der Waals surface area contributed by atoms with Crippen LogP contribution < -0.4 is 0 Å². The Hall–Kier alpha value is -2.47. The molecule has 6 heteroatoms. The average Bonchev–Trinajstić information content (AvgIpc) is 2.89. The van der Waals surface area contributed by atoms with Gasteiger partial charge >= 0.3 is 5.97 Å². The van der Waals surface area contributed by atoms with Gasteiger partial charge in [-0.2, -0.15) is 0 Å². The van der Waals surface area contributed by atoms with Crippen molar-refractivity contribution in [3.63, 3.8) is 0 Å². The number of nitrogens with zero attached hydrogens (tertiary/aromatic N) is 2. The molecule has 5 nitrogen and oxygen atoms in total. The summed E-state index contributed by atoms with van der Waals surface area (Å²) in [5, 5.41) is 3.99. The first-order valence-corrected chi connectivity index (χ1v) is 6.95. The monoisotopic (exact) mass is 299 g/mol. The Morgan fingerprint density at radius 2 is 2.14 bits per heavy atom. The zero-order valence-corrected chi connectivity index (χ0v) is 12.2. The number of carbonyl (C=O) groups excluding carboxylic acids is 1. The molecule has 0 amide bonds.